The Labute approximate surface area is 104 Å². The molecule has 4 nitrogen and oxygen atoms in total. The maximum Gasteiger partial charge on any atom is 0.323 e. The molecule has 0 saturated carbocycles. The summed E-state index contributed by atoms with van der Waals surface area (Å²) in [6.45, 7) is 7.15. The maximum absolute atomic E-state index is 10.8. The van der Waals surface area contributed by atoms with Crippen molar-refractivity contribution in [1.82, 2.24) is 4.90 Å². The monoisotopic (exact) mass is 242 g/mol. The lowest BCUT2D eigenvalue weighted by atomic mass is 9.93. The first-order valence-corrected chi connectivity index (χ1v) is 6.70. The van der Waals surface area contributed by atoms with Gasteiger partial charge in [-0.05, 0) is 58.2 Å². The zero-order valence-electron chi connectivity index (χ0n) is 11.1. The van der Waals surface area contributed by atoms with Crippen molar-refractivity contribution >= 4 is 5.97 Å². The predicted molar refractivity (Wildman–Crippen MR) is 68.9 cm³/mol. The summed E-state index contributed by atoms with van der Waals surface area (Å²) >= 11 is 0. The van der Waals surface area contributed by atoms with Crippen LogP contribution in [0.5, 0.6) is 0 Å². The van der Waals surface area contributed by atoms with Gasteiger partial charge in [0.15, 0.2) is 0 Å². The fraction of sp³-hybridized carbons (Fsp3) is 0.923. The Bertz CT molecular complexity index is 246. The standard InChI is InChI=1S/C13H26N2O2/c1-3-11-5-9-15(10-6-11)8-4-7-13(2,14)12(16)17/h11H,3-10,14H2,1-2H3,(H,16,17). The lowest BCUT2D eigenvalue weighted by molar-refractivity contribution is -0.142. The van der Waals surface area contributed by atoms with Crippen LogP contribution in [0.3, 0.4) is 0 Å². The molecule has 3 N–H and O–H groups in total. The van der Waals surface area contributed by atoms with Crippen LogP contribution in [-0.4, -0.2) is 41.1 Å². The minimum absolute atomic E-state index is 0.552. The second-order valence-corrected chi connectivity index (χ2v) is 5.52. The Morgan fingerprint density at radius 2 is 2.06 bits per heavy atom. The van der Waals surface area contributed by atoms with E-state index in [1.165, 1.54) is 19.3 Å². The summed E-state index contributed by atoms with van der Waals surface area (Å²) < 4.78 is 0. The van der Waals surface area contributed by atoms with Crippen LogP contribution in [0, 0.1) is 5.92 Å². The van der Waals surface area contributed by atoms with E-state index < -0.39 is 11.5 Å². The first kappa shape index (κ1) is 14.5. The number of carbonyl (C=O) groups is 1. The average Bonchev–Trinajstić information content (AvgIpc) is 2.29. The van der Waals surface area contributed by atoms with Crippen LogP contribution in [0.2, 0.25) is 0 Å². The van der Waals surface area contributed by atoms with Gasteiger partial charge >= 0.3 is 5.97 Å². The Kier molecular flexibility index (Phi) is 5.40. The van der Waals surface area contributed by atoms with E-state index in [1.54, 1.807) is 6.92 Å². The highest BCUT2D eigenvalue weighted by molar-refractivity contribution is 5.77. The van der Waals surface area contributed by atoms with Gasteiger partial charge in [-0.15, -0.1) is 0 Å². The summed E-state index contributed by atoms with van der Waals surface area (Å²) in [6.07, 6.45) is 5.28. The molecular weight excluding hydrogens is 216 g/mol. The number of carboxylic acids is 1. The molecule has 17 heavy (non-hydrogen) atoms. The molecule has 1 rings (SSSR count). The van der Waals surface area contributed by atoms with E-state index >= 15 is 0 Å². The largest absolute Gasteiger partial charge is 0.480 e. The molecule has 0 aliphatic carbocycles. The van der Waals surface area contributed by atoms with Gasteiger partial charge in [-0.2, -0.15) is 0 Å². The highest BCUT2D eigenvalue weighted by Gasteiger charge is 2.27. The van der Waals surface area contributed by atoms with Gasteiger partial charge in [-0.3, -0.25) is 4.79 Å². The molecule has 1 aliphatic rings. The maximum atomic E-state index is 10.8. The van der Waals surface area contributed by atoms with E-state index in [9.17, 15) is 4.79 Å². The van der Waals surface area contributed by atoms with Crippen LogP contribution in [-0.2, 0) is 4.79 Å². The lowest BCUT2D eigenvalue weighted by Gasteiger charge is -2.32. The van der Waals surface area contributed by atoms with E-state index in [0.29, 0.717) is 6.42 Å². The number of likely N-dealkylation sites (tertiary alicyclic amines) is 1. The number of aliphatic carboxylic acids is 1. The molecule has 0 bridgehead atoms. The summed E-state index contributed by atoms with van der Waals surface area (Å²) in [5.74, 6) is -0.00719. The second kappa shape index (κ2) is 6.36. The van der Waals surface area contributed by atoms with E-state index in [0.717, 1.165) is 32.0 Å². The van der Waals surface area contributed by atoms with Gasteiger partial charge in [0.1, 0.15) is 5.54 Å². The van der Waals surface area contributed by atoms with E-state index in [4.69, 9.17) is 10.8 Å². The molecule has 1 saturated heterocycles. The zero-order valence-corrected chi connectivity index (χ0v) is 11.1. The molecule has 0 aromatic carbocycles. The fourth-order valence-electron chi connectivity index (χ4n) is 2.40. The van der Waals surface area contributed by atoms with Gasteiger partial charge in [0.2, 0.25) is 0 Å². The van der Waals surface area contributed by atoms with Crippen LogP contribution in [0.25, 0.3) is 0 Å². The zero-order chi connectivity index (χ0) is 12.9. The first-order chi connectivity index (χ1) is 7.95. The summed E-state index contributed by atoms with van der Waals surface area (Å²) in [6, 6.07) is 0. The summed E-state index contributed by atoms with van der Waals surface area (Å²) in [7, 11) is 0. The van der Waals surface area contributed by atoms with Gasteiger partial charge in [0.25, 0.3) is 0 Å². The Morgan fingerprint density at radius 1 is 1.47 bits per heavy atom. The summed E-state index contributed by atoms with van der Waals surface area (Å²) in [5, 5.41) is 8.91. The fourth-order valence-corrected chi connectivity index (χ4v) is 2.40. The highest BCUT2D eigenvalue weighted by Crippen LogP contribution is 2.20. The van der Waals surface area contributed by atoms with Crippen LogP contribution in [0.4, 0.5) is 0 Å². The van der Waals surface area contributed by atoms with E-state index in [-0.39, 0.29) is 0 Å². The second-order valence-electron chi connectivity index (χ2n) is 5.52. The Hall–Kier alpha value is -0.610. The van der Waals surface area contributed by atoms with Gasteiger partial charge in [0, 0.05) is 0 Å². The molecule has 0 radical (unpaired) electrons. The summed E-state index contributed by atoms with van der Waals surface area (Å²) in [5.41, 5.74) is 4.63. The molecule has 1 fully saturated rings. The van der Waals surface area contributed by atoms with Crippen molar-refractivity contribution in [3.8, 4) is 0 Å². The van der Waals surface area contributed by atoms with Crippen LogP contribution in [0.1, 0.15) is 46.0 Å². The lowest BCUT2D eigenvalue weighted by Crippen LogP contribution is -2.45. The third kappa shape index (κ3) is 4.64. The van der Waals surface area contributed by atoms with Gasteiger partial charge in [-0.1, -0.05) is 13.3 Å². The van der Waals surface area contributed by atoms with Crippen LogP contribution in [0.15, 0.2) is 0 Å². The van der Waals surface area contributed by atoms with Crippen molar-refractivity contribution in [2.24, 2.45) is 11.7 Å². The van der Waals surface area contributed by atoms with Crippen molar-refractivity contribution in [3.05, 3.63) is 0 Å². The van der Waals surface area contributed by atoms with E-state index in [1.807, 2.05) is 0 Å². The highest BCUT2D eigenvalue weighted by atomic mass is 16.4. The summed E-state index contributed by atoms with van der Waals surface area (Å²) in [4.78, 5) is 13.3. The Balaban J connectivity index is 2.18. The minimum atomic E-state index is -1.07. The number of hydrogen-bond donors (Lipinski definition) is 2. The molecule has 0 spiro atoms. The van der Waals surface area contributed by atoms with Crippen molar-refractivity contribution in [1.29, 1.82) is 0 Å². The smallest absolute Gasteiger partial charge is 0.323 e. The molecule has 0 amide bonds. The third-order valence-corrected chi connectivity index (χ3v) is 3.94. The topological polar surface area (TPSA) is 66.6 Å². The number of carboxylic acid groups (broad SMARTS) is 1. The number of hydrogen-bond acceptors (Lipinski definition) is 3. The van der Waals surface area contributed by atoms with Gasteiger partial charge in [0.05, 0.1) is 0 Å². The van der Waals surface area contributed by atoms with E-state index in [2.05, 4.69) is 11.8 Å². The predicted octanol–water partition coefficient (Wildman–Crippen LogP) is 1.69. The van der Waals surface area contributed by atoms with Crippen molar-refractivity contribution in [2.45, 2.75) is 51.5 Å². The van der Waals surface area contributed by atoms with Crippen molar-refractivity contribution in [3.63, 3.8) is 0 Å². The first-order valence-electron chi connectivity index (χ1n) is 6.70. The normalized spacial score (nSPS) is 22.3. The molecule has 1 heterocycles. The molecule has 0 aromatic rings. The molecule has 4 heteroatoms. The molecular formula is C13H26N2O2. The quantitative estimate of drug-likeness (QED) is 0.744. The number of rotatable bonds is 6. The third-order valence-electron chi connectivity index (χ3n) is 3.94. The number of nitrogens with zero attached hydrogens (tertiary/aromatic N) is 1. The molecule has 0 aromatic heterocycles. The van der Waals surface area contributed by atoms with Crippen LogP contribution < -0.4 is 5.73 Å². The number of piperidine rings is 1. The number of nitrogens with two attached hydrogens (primary N) is 1. The molecule has 1 aliphatic heterocycles. The minimum Gasteiger partial charge on any atom is -0.480 e. The van der Waals surface area contributed by atoms with Gasteiger partial charge < -0.3 is 15.7 Å². The van der Waals surface area contributed by atoms with Crippen LogP contribution >= 0.6 is 0 Å². The molecule has 1 atom stereocenters. The van der Waals surface area contributed by atoms with Crippen molar-refractivity contribution < 1.29 is 9.90 Å². The molecule has 100 valence electrons. The average molecular weight is 242 g/mol. The van der Waals surface area contributed by atoms with Crippen molar-refractivity contribution in [2.75, 3.05) is 19.6 Å². The SMILES string of the molecule is CCC1CCN(CCCC(C)(N)C(=O)O)CC1. The Morgan fingerprint density at radius 3 is 2.53 bits per heavy atom. The van der Waals surface area contributed by atoms with Gasteiger partial charge in [-0.25, -0.2) is 0 Å². The molecule has 1 unspecified atom stereocenters.